The minimum atomic E-state index is -2.88. The fraction of sp³-hybridized carbons (Fsp3) is 0.727. The SMILES string of the molecule is COCCNCc1cnn(CCCS(C)(=O)=O)c1. The Labute approximate surface area is 108 Å². The molecule has 6 nitrogen and oxygen atoms in total. The van der Waals surface area contributed by atoms with Crippen LogP contribution in [0.4, 0.5) is 0 Å². The maximum atomic E-state index is 11.0. The maximum Gasteiger partial charge on any atom is 0.147 e. The molecular formula is C11H21N3O3S. The lowest BCUT2D eigenvalue weighted by Gasteiger charge is -2.01. The Kier molecular flexibility index (Phi) is 6.31. The summed E-state index contributed by atoms with van der Waals surface area (Å²) in [5, 5.41) is 7.41. The highest BCUT2D eigenvalue weighted by molar-refractivity contribution is 7.90. The van der Waals surface area contributed by atoms with E-state index >= 15 is 0 Å². The Morgan fingerprint density at radius 3 is 2.94 bits per heavy atom. The standard InChI is InChI=1S/C11H21N3O3S/c1-17-6-4-12-8-11-9-13-14(10-11)5-3-7-18(2,15)16/h9-10,12H,3-8H2,1-2H3. The van der Waals surface area contributed by atoms with Gasteiger partial charge < -0.3 is 10.1 Å². The number of sulfone groups is 1. The lowest BCUT2D eigenvalue weighted by Crippen LogP contribution is -2.18. The van der Waals surface area contributed by atoms with Crippen molar-refractivity contribution < 1.29 is 13.2 Å². The fourth-order valence-electron chi connectivity index (χ4n) is 1.52. The van der Waals surface area contributed by atoms with Gasteiger partial charge in [0, 0.05) is 44.8 Å². The van der Waals surface area contributed by atoms with Gasteiger partial charge in [-0.3, -0.25) is 4.68 Å². The molecule has 0 fully saturated rings. The van der Waals surface area contributed by atoms with Crippen LogP contribution < -0.4 is 5.32 Å². The molecule has 0 aliphatic heterocycles. The van der Waals surface area contributed by atoms with E-state index in [0.29, 0.717) is 19.6 Å². The highest BCUT2D eigenvalue weighted by atomic mass is 32.2. The molecule has 104 valence electrons. The summed E-state index contributed by atoms with van der Waals surface area (Å²) in [6, 6.07) is 0. The van der Waals surface area contributed by atoms with Crippen LogP contribution in [-0.2, 0) is 27.7 Å². The zero-order valence-electron chi connectivity index (χ0n) is 10.9. The van der Waals surface area contributed by atoms with Crippen molar-refractivity contribution >= 4 is 9.84 Å². The van der Waals surface area contributed by atoms with Crippen LogP contribution in [0.15, 0.2) is 12.4 Å². The van der Waals surface area contributed by atoms with Crippen molar-refractivity contribution in [3.63, 3.8) is 0 Å². The van der Waals surface area contributed by atoms with Crippen molar-refractivity contribution in [3.05, 3.63) is 18.0 Å². The van der Waals surface area contributed by atoms with E-state index in [9.17, 15) is 8.42 Å². The Bertz CT molecular complexity index is 442. The molecule has 1 aromatic heterocycles. The summed E-state index contributed by atoms with van der Waals surface area (Å²) in [6.07, 6.45) is 5.57. The second-order valence-corrected chi connectivity index (χ2v) is 6.52. The third-order valence-electron chi connectivity index (χ3n) is 2.40. The Balaban J connectivity index is 2.26. The number of nitrogens with zero attached hydrogens (tertiary/aromatic N) is 2. The highest BCUT2D eigenvalue weighted by Crippen LogP contribution is 1.99. The topological polar surface area (TPSA) is 73.2 Å². The van der Waals surface area contributed by atoms with Crippen LogP contribution in [0.5, 0.6) is 0 Å². The third kappa shape index (κ3) is 6.73. The second-order valence-electron chi connectivity index (χ2n) is 4.26. The van der Waals surface area contributed by atoms with E-state index in [2.05, 4.69) is 10.4 Å². The molecule has 0 aliphatic carbocycles. The van der Waals surface area contributed by atoms with Gasteiger partial charge in [0.1, 0.15) is 9.84 Å². The first kappa shape index (κ1) is 15.1. The van der Waals surface area contributed by atoms with Gasteiger partial charge in [-0.05, 0) is 6.42 Å². The van der Waals surface area contributed by atoms with Crippen molar-refractivity contribution in [1.82, 2.24) is 15.1 Å². The summed E-state index contributed by atoms with van der Waals surface area (Å²) in [4.78, 5) is 0. The molecule has 0 unspecified atom stereocenters. The molecule has 1 N–H and O–H groups in total. The highest BCUT2D eigenvalue weighted by Gasteiger charge is 2.03. The van der Waals surface area contributed by atoms with E-state index in [0.717, 1.165) is 18.7 Å². The first-order valence-electron chi connectivity index (χ1n) is 5.90. The number of nitrogens with one attached hydrogen (secondary N) is 1. The van der Waals surface area contributed by atoms with Crippen molar-refractivity contribution in [1.29, 1.82) is 0 Å². The summed E-state index contributed by atoms with van der Waals surface area (Å²) in [6.45, 7) is 2.86. The van der Waals surface area contributed by atoms with Crippen molar-refractivity contribution in [2.75, 3.05) is 32.3 Å². The lowest BCUT2D eigenvalue weighted by molar-refractivity contribution is 0.199. The largest absolute Gasteiger partial charge is 0.383 e. The molecule has 0 amide bonds. The van der Waals surface area contributed by atoms with E-state index in [4.69, 9.17) is 4.74 Å². The van der Waals surface area contributed by atoms with Crippen LogP contribution in [0.1, 0.15) is 12.0 Å². The van der Waals surface area contributed by atoms with Crippen LogP contribution in [0.2, 0.25) is 0 Å². The van der Waals surface area contributed by atoms with Gasteiger partial charge in [0.25, 0.3) is 0 Å². The molecule has 0 bridgehead atoms. The molecular weight excluding hydrogens is 254 g/mol. The van der Waals surface area contributed by atoms with Crippen molar-refractivity contribution in [2.24, 2.45) is 0 Å². The van der Waals surface area contributed by atoms with E-state index in [1.165, 1.54) is 6.26 Å². The number of methoxy groups -OCH3 is 1. The van der Waals surface area contributed by atoms with Gasteiger partial charge in [0.15, 0.2) is 0 Å². The lowest BCUT2D eigenvalue weighted by atomic mass is 10.3. The molecule has 1 rings (SSSR count). The van der Waals surface area contributed by atoms with E-state index in [-0.39, 0.29) is 5.75 Å². The smallest absolute Gasteiger partial charge is 0.147 e. The number of aromatic nitrogens is 2. The molecule has 1 heterocycles. The van der Waals surface area contributed by atoms with Crippen LogP contribution in [0.3, 0.4) is 0 Å². The number of hydrogen-bond donors (Lipinski definition) is 1. The molecule has 0 saturated carbocycles. The quantitative estimate of drug-likeness (QED) is 0.645. The van der Waals surface area contributed by atoms with Gasteiger partial charge in [-0.2, -0.15) is 5.10 Å². The van der Waals surface area contributed by atoms with Crippen LogP contribution in [-0.4, -0.2) is 50.5 Å². The molecule has 0 aromatic carbocycles. The minimum absolute atomic E-state index is 0.203. The first-order valence-corrected chi connectivity index (χ1v) is 7.96. The fourth-order valence-corrected chi connectivity index (χ4v) is 2.17. The number of aryl methyl sites for hydroxylation is 1. The maximum absolute atomic E-state index is 11.0. The van der Waals surface area contributed by atoms with Gasteiger partial charge in [0.2, 0.25) is 0 Å². The zero-order valence-corrected chi connectivity index (χ0v) is 11.7. The predicted molar refractivity (Wildman–Crippen MR) is 70.1 cm³/mol. The average molecular weight is 275 g/mol. The first-order chi connectivity index (χ1) is 8.51. The normalized spacial score (nSPS) is 11.9. The van der Waals surface area contributed by atoms with Crippen LogP contribution >= 0.6 is 0 Å². The molecule has 0 atom stereocenters. The van der Waals surface area contributed by atoms with Gasteiger partial charge >= 0.3 is 0 Å². The van der Waals surface area contributed by atoms with Crippen LogP contribution in [0, 0.1) is 0 Å². The summed E-state index contributed by atoms with van der Waals surface area (Å²) in [5.74, 6) is 0.203. The molecule has 0 spiro atoms. The summed E-state index contributed by atoms with van der Waals surface area (Å²) < 4.78 is 28.7. The van der Waals surface area contributed by atoms with Crippen molar-refractivity contribution in [3.8, 4) is 0 Å². The second kappa shape index (κ2) is 7.50. The molecule has 0 saturated heterocycles. The summed E-state index contributed by atoms with van der Waals surface area (Å²) >= 11 is 0. The minimum Gasteiger partial charge on any atom is -0.383 e. The molecule has 0 aliphatic rings. The molecule has 7 heteroatoms. The van der Waals surface area contributed by atoms with Gasteiger partial charge in [0.05, 0.1) is 18.6 Å². The predicted octanol–water partition coefficient (Wildman–Crippen LogP) is 0.0538. The molecule has 0 radical (unpaired) electrons. The van der Waals surface area contributed by atoms with Crippen LogP contribution in [0.25, 0.3) is 0 Å². The van der Waals surface area contributed by atoms with Crippen molar-refractivity contribution in [2.45, 2.75) is 19.5 Å². The molecule has 1 aromatic rings. The Morgan fingerprint density at radius 1 is 1.50 bits per heavy atom. The number of hydrogen-bond acceptors (Lipinski definition) is 5. The van der Waals surface area contributed by atoms with Gasteiger partial charge in [-0.25, -0.2) is 8.42 Å². The van der Waals surface area contributed by atoms with E-state index in [1.54, 1.807) is 18.0 Å². The van der Waals surface area contributed by atoms with E-state index < -0.39 is 9.84 Å². The Morgan fingerprint density at radius 2 is 2.28 bits per heavy atom. The van der Waals surface area contributed by atoms with E-state index in [1.807, 2.05) is 6.20 Å². The summed E-state index contributed by atoms with van der Waals surface area (Å²) in [5.41, 5.74) is 1.09. The summed E-state index contributed by atoms with van der Waals surface area (Å²) in [7, 11) is -1.21. The zero-order chi connectivity index (χ0) is 13.4. The number of rotatable bonds is 9. The third-order valence-corrected chi connectivity index (χ3v) is 3.43. The van der Waals surface area contributed by atoms with Gasteiger partial charge in [-0.15, -0.1) is 0 Å². The number of ether oxygens (including phenoxy) is 1. The average Bonchev–Trinajstić information content (AvgIpc) is 2.71. The monoisotopic (exact) mass is 275 g/mol. The Hall–Kier alpha value is -0.920. The van der Waals surface area contributed by atoms with Gasteiger partial charge in [-0.1, -0.05) is 0 Å². The molecule has 18 heavy (non-hydrogen) atoms.